The van der Waals surface area contributed by atoms with Crippen molar-refractivity contribution in [1.82, 2.24) is 4.90 Å². The van der Waals surface area contributed by atoms with Crippen molar-refractivity contribution in [1.29, 1.82) is 0 Å². The minimum atomic E-state index is 0.361. The van der Waals surface area contributed by atoms with E-state index < -0.39 is 0 Å². The van der Waals surface area contributed by atoms with Crippen LogP contribution >= 0.6 is 0 Å². The quantitative estimate of drug-likeness (QED) is 0.781. The average molecular weight is 226 g/mol. The third-order valence-corrected chi connectivity index (χ3v) is 4.02. The number of piperidine rings is 1. The molecule has 1 aliphatic heterocycles. The molecular weight excluding hydrogens is 196 g/mol. The molecule has 16 heavy (non-hydrogen) atoms. The van der Waals surface area contributed by atoms with Gasteiger partial charge >= 0.3 is 0 Å². The normalized spacial score (nSPS) is 27.0. The van der Waals surface area contributed by atoms with Gasteiger partial charge in [0.05, 0.1) is 0 Å². The Kier molecular flexibility index (Phi) is 5.77. The van der Waals surface area contributed by atoms with Gasteiger partial charge < -0.3 is 10.6 Å². The molecule has 0 aromatic carbocycles. The van der Waals surface area contributed by atoms with E-state index in [4.69, 9.17) is 5.73 Å². The summed E-state index contributed by atoms with van der Waals surface area (Å²) < 4.78 is 0. The van der Waals surface area contributed by atoms with Crippen molar-refractivity contribution in [3.05, 3.63) is 0 Å². The second kappa shape index (κ2) is 6.61. The van der Waals surface area contributed by atoms with Crippen molar-refractivity contribution in [3.8, 4) is 0 Å². The zero-order valence-corrected chi connectivity index (χ0v) is 11.6. The number of hydrogen-bond donors (Lipinski definition) is 1. The smallest absolute Gasteiger partial charge is 0.00671 e. The maximum Gasteiger partial charge on any atom is 0.00671 e. The molecule has 0 aliphatic carbocycles. The molecule has 1 heterocycles. The van der Waals surface area contributed by atoms with Crippen LogP contribution < -0.4 is 5.73 Å². The lowest BCUT2D eigenvalue weighted by Gasteiger charge is -2.38. The minimum Gasteiger partial charge on any atom is -0.328 e. The summed E-state index contributed by atoms with van der Waals surface area (Å²) >= 11 is 0. The summed E-state index contributed by atoms with van der Waals surface area (Å²) in [6, 6.07) is 1.10. The van der Waals surface area contributed by atoms with E-state index in [9.17, 15) is 0 Å². The highest BCUT2D eigenvalue weighted by Gasteiger charge is 2.25. The number of rotatable bonds is 5. The first-order valence-electron chi connectivity index (χ1n) is 7.00. The van der Waals surface area contributed by atoms with E-state index in [2.05, 4.69) is 32.6 Å². The standard InChI is InChI=1S/C14H30N2/c1-11(2)7-8-12(3)16-9-5-6-14(10-16)13(4)15/h11-14H,5-10,15H2,1-4H3. The minimum absolute atomic E-state index is 0.361. The first-order valence-corrected chi connectivity index (χ1v) is 7.00. The Bertz CT molecular complexity index is 189. The third kappa shape index (κ3) is 4.42. The Labute approximate surface area is 102 Å². The molecule has 1 fully saturated rings. The van der Waals surface area contributed by atoms with Gasteiger partial charge in [0.15, 0.2) is 0 Å². The van der Waals surface area contributed by atoms with Crippen LogP contribution in [0.5, 0.6) is 0 Å². The van der Waals surface area contributed by atoms with E-state index in [1.54, 1.807) is 0 Å². The average Bonchev–Trinajstić information content (AvgIpc) is 2.26. The second-order valence-electron chi connectivity index (χ2n) is 6.08. The maximum absolute atomic E-state index is 6.03. The Morgan fingerprint density at radius 1 is 1.19 bits per heavy atom. The molecule has 96 valence electrons. The second-order valence-corrected chi connectivity index (χ2v) is 6.08. The molecule has 0 aromatic rings. The van der Waals surface area contributed by atoms with Crippen molar-refractivity contribution in [2.45, 2.75) is 65.5 Å². The van der Waals surface area contributed by atoms with E-state index >= 15 is 0 Å². The highest BCUT2D eigenvalue weighted by Crippen LogP contribution is 2.22. The van der Waals surface area contributed by atoms with Crippen molar-refractivity contribution >= 4 is 0 Å². The first-order chi connectivity index (χ1) is 7.50. The Balaban J connectivity index is 2.34. The molecule has 1 aliphatic rings. The molecule has 0 bridgehead atoms. The van der Waals surface area contributed by atoms with Gasteiger partial charge in [-0.1, -0.05) is 13.8 Å². The van der Waals surface area contributed by atoms with Crippen LogP contribution in [0.4, 0.5) is 0 Å². The van der Waals surface area contributed by atoms with Gasteiger partial charge in [0.2, 0.25) is 0 Å². The first kappa shape index (κ1) is 14.0. The van der Waals surface area contributed by atoms with Gasteiger partial charge in [-0.15, -0.1) is 0 Å². The molecule has 2 heteroatoms. The van der Waals surface area contributed by atoms with Crippen LogP contribution in [-0.4, -0.2) is 30.1 Å². The molecular formula is C14H30N2. The molecule has 1 saturated heterocycles. The van der Waals surface area contributed by atoms with E-state index in [1.807, 2.05) is 0 Å². The van der Waals surface area contributed by atoms with E-state index in [1.165, 1.54) is 38.8 Å². The van der Waals surface area contributed by atoms with Gasteiger partial charge in [0.1, 0.15) is 0 Å². The van der Waals surface area contributed by atoms with Crippen molar-refractivity contribution in [3.63, 3.8) is 0 Å². The highest BCUT2D eigenvalue weighted by atomic mass is 15.2. The Hall–Kier alpha value is -0.0800. The zero-order valence-electron chi connectivity index (χ0n) is 11.6. The number of nitrogens with zero attached hydrogens (tertiary/aromatic N) is 1. The largest absolute Gasteiger partial charge is 0.328 e. The summed E-state index contributed by atoms with van der Waals surface area (Å²) in [5, 5.41) is 0. The van der Waals surface area contributed by atoms with Gasteiger partial charge in [0.25, 0.3) is 0 Å². The molecule has 0 spiro atoms. The summed E-state index contributed by atoms with van der Waals surface area (Å²) in [7, 11) is 0. The number of likely N-dealkylation sites (tertiary alicyclic amines) is 1. The van der Waals surface area contributed by atoms with Gasteiger partial charge in [-0.05, 0) is 57.9 Å². The van der Waals surface area contributed by atoms with Crippen LogP contribution in [0.1, 0.15) is 53.4 Å². The van der Waals surface area contributed by atoms with Crippen LogP contribution in [0.25, 0.3) is 0 Å². The molecule has 0 radical (unpaired) electrons. The summed E-state index contributed by atoms with van der Waals surface area (Å²) in [5.41, 5.74) is 6.03. The Morgan fingerprint density at radius 3 is 2.44 bits per heavy atom. The number of hydrogen-bond acceptors (Lipinski definition) is 2. The summed E-state index contributed by atoms with van der Waals surface area (Å²) in [4.78, 5) is 2.65. The topological polar surface area (TPSA) is 29.3 Å². The van der Waals surface area contributed by atoms with E-state index in [0.717, 1.165) is 17.9 Å². The predicted molar refractivity (Wildman–Crippen MR) is 71.5 cm³/mol. The van der Waals surface area contributed by atoms with E-state index in [0.29, 0.717) is 6.04 Å². The SMILES string of the molecule is CC(C)CCC(C)N1CCCC(C(C)N)C1. The molecule has 0 amide bonds. The lowest BCUT2D eigenvalue weighted by atomic mass is 9.90. The predicted octanol–water partition coefficient (Wildman–Crippen LogP) is 2.87. The van der Waals surface area contributed by atoms with Gasteiger partial charge in [-0.25, -0.2) is 0 Å². The summed E-state index contributed by atoms with van der Waals surface area (Å²) in [6.07, 6.45) is 5.34. The van der Waals surface area contributed by atoms with Gasteiger partial charge in [-0.2, -0.15) is 0 Å². The van der Waals surface area contributed by atoms with E-state index in [-0.39, 0.29) is 0 Å². The fourth-order valence-corrected chi connectivity index (χ4v) is 2.63. The van der Waals surface area contributed by atoms with Gasteiger partial charge in [0, 0.05) is 18.6 Å². The van der Waals surface area contributed by atoms with Crippen LogP contribution in [0.2, 0.25) is 0 Å². The summed E-state index contributed by atoms with van der Waals surface area (Å²) in [5.74, 6) is 1.55. The number of nitrogens with two attached hydrogens (primary N) is 1. The Morgan fingerprint density at radius 2 is 1.88 bits per heavy atom. The van der Waals surface area contributed by atoms with Crippen molar-refractivity contribution < 1.29 is 0 Å². The van der Waals surface area contributed by atoms with Crippen LogP contribution in [0, 0.1) is 11.8 Å². The molecule has 3 unspecified atom stereocenters. The molecule has 2 nitrogen and oxygen atoms in total. The van der Waals surface area contributed by atoms with Crippen molar-refractivity contribution in [2.24, 2.45) is 17.6 Å². The fraction of sp³-hybridized carbons (Fsp3) is 1.00. The molecule has 3 atom stereocenters. The highest BCUT2D eigenvalue weighted by molar-refractivity contribution is 4.81. The molecule has 1 rings (SSSR count). The molecule has 2 N–H and O–H groups in total. The van der Waals surface area contributed by atoms with Crippen molar-refractivity contribution in [2.75, 3.05) is 13.1 Å². The molecule has 0 saturated carbocycles. The van der Waals surface area contributed by atoms with Crippen LogP contribution in [-0.2, 0) is 0 Å². The molecule has 0 aromatic heterocycles. The fourth-order valence-electron chi connectivity index (χ4n) is 2.63. The monoisotopic (exact) mass is 226 g/mol. The van der Waals surface area contributed by atoms with Gasteiger partial charge in [-0.3, -0.25) is 0 Å². The third-order valence-electron chi connectivity index (χ3n) is 4.02. The lowest BCUT2D eigenvalue weighted by molar-refractivity contribution is 0.113. The van der Waals surface area contributed by atoms with Crippen LogP contribution in [0.15, 0.2) is 0 Å². The lowest BCUT2D eigenvalue weighted by Crippen LogP contribution is -2.46. The summed E-state index contributed by atoms with van der Waals surface area (Å²) in [6.45, 7) is 11.7. The zero-order chi connectivity index (χ0) is 12.1. The maximum atomic E-state index is 6.03. The van der Waals surface area contributed by atoms with Crippen LogP contribution in [0.3, 0.4) is 0 Å².